The van der Waals surface area contributed by atoms with Crippen LogP contribution >= 0.6 is 0 Å². The van der Waals surface area contributed by atoms with Crippen LogP contribution in [0.15, 0.2) is 23.3 Å². The van der Waals surface area contributed by atoms with Crippen LogP contribution in [0.5, 0.6) is 0 Å². The van der Waals surface area contributed by atoms with Gasteiger partial charge in [-0.1, -0.05) is 0 Å². The molecule has 6 heteroatoms. The highest BCUT2D eigenvalue weighted by Gasteiger charge is 2.18. The molecule has 2 heterocycles. The molecule has 0 spiro atoms. The minimum atomic E-state index is -0.524. The van der Waals surface area contributed by atoms with Gasteiger partial charge in [0, 0.05) is 31.5 Å². The molecule has 1 aromatic rings. The number of likely N-dealkylation sites (tertiary alicyclic amines) is 1. The lowest BCUT2D eigenvalue weighted by molar-refractivity contribution is -0.129. The zero-order valence-electron chi connectivity index (χ0n) is 9.94. The van der Waals surface area contributed by atoms with Crippen molar-refractivity contribution < 1.29 is 9.59 Å². The van der Waals surface area contributed by atoms with Gasteiger partial charge in [0.05, 0.1) is 6.54 Å². The fraction of sp³-hybridized carbons (Fsp3) is 0.417. The number of carbonyl (C=O) groups is 2. The third-order valence-corrected chi connectivity index (χ3v) is 2.93. The molecule has 0 aliphatic carbocycles. The van der Waals surface area contributed by atoms with E-state index in [9.17, 15) is 14.4 Å². The molecular formula is C12H15N3O3. The Balaban J connectivity index is 1.90. The molecule has 1 aliphatic heterocycles. The monoisotopic (exact) mass is 249 g/mol. The normalized spacial score (nSPS) is 14.6. The summed E-state index contributed by atoms with van der Waals surface area (Å²) >= 11 is 0. The maximum Gasteiger partial charge on any atom is 0.257 e. The van der Waals surface area contributed by atoms with Gasteiger partial charge in [0.2, 0.25) is 5.91 Å². The molecule has 0 bridgehead atoms. The second-order valence-electron chi connectivity index (χ2n) is 4.19. The first-order valence-corrected chi connectivity index (χ1v) is 5.91. The predicted molar refractivity (Wildman–Crippen MR) is 65.2 cm³/mol. The van der Waals surface area contributed by atoms with Crippen molar-refractivity contribution >= 4 is 11.8 Å². The molecule has 1 aliphatic rings. The SMILES string of the molecule is O=C(NCC(=O)N1CCCC1)c1c[nH]ccc1=O. The van der Waals surface area contributed by atoms with Crippen LogP contribution in [0.3, 0.4) is 0 Å². The molecular weight excluding hydrogens is 234 g/mol. The number of rotatable bonds is 3. The van der Waals surface area contributed by atoms with Gasteiger partial charge in [0.15, 0.2) is 5.43 Å². The van der Waals surface area contributed by atoms with E-state index in [-0.39, 0.29) is 23.4 Å². The minimum absolute atomic E-state index is 0.0201. The summed E-state index contributed by atoms with van der Waals surface area (Å²) in [6, 6.07) is 1.28. The van der Waals surface area contributed by atoms with Crippen LogP contribution in [0, 0.1) is 0 Å². The van der Waals surface area contributed by atoms with Crippen LogP contribution in [0.4, 0.5) is 0 Å². The van der Waals surface area contributed by atoms with Crippen molar-refractivity contribution in [2.75, 3.05) is 19.6 Å². The summed E-state index contributed by atoms with van der Waals surface area (Å²) in [4.78, 5) is 39.1. The number of aromatic amines is 1. The van der Waals surface area contributed by atoms with E-state index in [0.29, 0.717) is 0 Å². The summed E-state index contributed by atoms with van der Waals surface area (Å²) in [6.45, 7) is 1.44. The molecule has 0 unspecified atom stereocenters. The standard InChI is InChI=1S/C12H15N3O3/c16-10-3-4-13-7-9(10)12(18)14-8-11(17)15-5-1-2-6-15/h3-4,7H,1-2,5-6,8H2,(H,13,16)(H,14,18). The number of H-pyrrole nitrogens is 1. The number of amides is 2. The van der Waals surface area contributed by atoms with E-state index < -0.39 is 5.91 Å². The molecule has 0 aromatic carbocycles. The topological polar surface area (TPSA) is 82.3 Å². The number of aromatic nitrogens is 1. The van der Waals surface area contributed by atoms with Crippen LogP contribution in [0.2, 0.25) is 0 Å². The van der Waals surface area contributed by atoms with Gasteiger partial charge in [-0.2, -0.15) is 0 Å². The molecule has 2 N–H and O–H groups in total. The van der Waals surface area contributed by atoms with Crippen molar-refractivity contribution in [3.8, 4) is 0 Å². The Hall–Kier alpha value is -2.11. The van der Waals surface area contributed by atoms with Crippen molar-refractivity contribution in [3.63, 3.8) is 0 Å². The van der Waals surface area contributed by atoms with Gasteiger partial charge in [0.25, 0.3) is 5.91 Å². The van der Waals surface area contributed by atoms with Crippen molar-refractivity contribution in [1.82, 2.24) is 15.2 Å². The highest BCUT2D eigenvalue weighted by Crippen LogP contribution is 2.06. The van der Waals surface area contributed by atoms with E-state index in [2.05, 4.69) is 10.3 Å². The zero-order chi connectivity index (χ0) is 13.0. The van der Waals surface area contributed by atoms with Crippen molar-refractivity contribution in [3.05, 3.63) is 34.2 Å². The maximum atomic E-state index is 11.7. The Kier molecular flexibility index (Phi) is 3.76. The molecule has 18 heavy (non-hydrogen) atoms. The van der Waals surface area contributed by atoms with Gasteiger partial charge >= 0.3 is 0 Å². The van der Waals surface area contributed by atoms with Gasteiger partial charge in [-0.3, -0.25) is 14.4 Å². The second-order valence-corrected chi connectivity index (χ2v) is 4.19. The fourth-order valence-corrected chi connectivity index (χ4v) is 1.92. The number of nitrogens with one attached hydrogen (secondary N) is 2. The van der Waals surface area contributed by atoms with Crippen molar-refractivity contribution in [1.29, 1.82) is 0 Å². The van der Waals surface area contributed by atoms with E-state index in [0.717, 1.165) is 25.9 Å². The Labute approximate surface area is 104 Å². The lowest BCUT2D eigenvalue weighted by Gasteiger charge is -2.15. The number of hydrogen-bond donors (Lipinski definition) is 2. The molecule has 0 atom stereocenters. The smallest absolute Gasteiger partial charge is 0.257 e. The van der Waals surface area contributed by atoms with Crippen LogP contribution in [-0.2, 0) is 4.79 Å². The summed E-state index contributed by atoms with van der Waals surface area (Å²) in [5, 5.41) is 2.47. The highest BCUT2D eigenvalue weighted by molar-refractivity contribution is 5.96. The Morgan fingerprint density at radius 1 is 1.33 bits per heavy atom. The van der Waals surface area contributed by atoms with Gasteiger partial charge in [-0.05, 0) is 12.8 Å². The van der Waals surface area contributed by atoms with Gasteiger partial charge in [-0.25, -0.2) is 0 Å². The molecule has 6 nitrogen and oxygen atoms in total. The van der Waals surface area contributed by atoms with E-state index in [4.69, 9.17) is 0 Å². The van der Waals surface area contributed by atoms with E-state index >= 15 is 0 Å². The van der Waals surface area contributed by atoms with E-state index in [1.54, 1.807) is 4.90 Å². The first-order chi connectivity index (χ1) is 8.68. The number of carbonyl (C=O) groups excluding carboxylic acids is 2. The molecule has 0 radical (unpaired) electrons. The lowest BCUT2D eigenvalue weighted by Crippen LogP contribution is -2.39. The Morgan fingerprint density at radius 2 is 2.06 bits per heavy atom. The third kappa shape index (κ3) is 2.77. The van der Waals surface area contributed by atoms with Crippen LogP contribution in [-0.4, -0.2) is 41.3 Å². The van der Waals surface area contributed by atoms with Gasteiger partial charge in [-0.15, -0.1) is 0 Å². The summed E-state index contributed by atoms with van der Waals surface area (Å²) < 4.78 is 0. The zero-order valence-corrected chi connectivity index (χ0v) is 9.94. The average molecular weight is 249 g/mol. The molecule has 1 saturated heterocycles. The lowest BCUT2D eigenvalue weighted by atomic mass is 10.2. The number of nitrogens with zero attached hydrogens (tertiary/aromatic N) is 1. The summed E-state index contributed by atoms with van der Waals surface area (Å²) in [5.41, 5.74) is -0.341. The first-order valence-electron chi connectivity index (χ1n) is 5.91. The number of pyridine rings is 1. The minimum Gasteiger partial charge on any atom is -0.367 e. The molecule has 96 valence electrons. The van der Waals surface area contributed by atoms with E-state index in [1.807, 2.05) is 0 Å². The molecule has 1 aromatic heterocycles. The first kappa shape index (κ1) is 12.3. The maximum absolute atomic E-state index is 11.7. The predicted octanol–water partition coefficient (Wildman–Crippen LogP) is -0.273. The van der Waals surface area contributed by atoms with E-state index in [1.165, 1.54) is 18.5 Å². The van der Waals surface area contributed by atoms with Crippen LogP contribution < -0.4 is 10.7 Å². The van der Waals surface area contributed by atoms with Gasteiger partial charge in [0.1, 0.15) is 5.56 Å². The molecule has 0 saturated carbocycles. The summed E-state index contributed by atoms with van der Waals surface area (Å²) in [5.74, 6) is -0.627. The van der Waals surface area contributed by atoms with Crippen molar-refractivity contribution in [2.24, 2.45) is 0 Å². The third-order valence-electron chi connectivity index (χ3n) is 2.93. The quantitative estimate of drug-likeness (QED) is 0.773. The summed E-state index contributed by atoms with van der Waals surface area (Å²) in [6.07, 6.45) is 4.81. The molecule has 1 fully saturated rings. The summed E-state index contributed by atoms with van der Waals surface area (Å²) in [7, 11) is 0. The largest absolute Gasteiger partial charge is 0.367 e. The highest BCUT2D eigenvalue weighted by atomic mass is 16.2. The fourth-order valence-electron chi connectivity index (χ4n) is 1.92. The second kappa shape index (κ2) is 5.48. The Bertz CT molecular complexity index is 503. The van der Waals surface area contributed by atoms with Crippen LogP contribution in [0.1, 0.15) is 23.2 Å². The molecule has 2 rings (SSSR count). The molecule has 2 amide bonds. The Morgan fingerprint density at radius 3 is 2.72 bits per heavy atom. The van der Waals surface area contributed by atoms with Crippen molar-refractivity contribution in [2.45, 2.75) is 12.8 Å². The van der Waals surface area contributed by atoms with Crippen LogP contribution in [0.25, 0.3) is 0 Å². The average Bonchev–Trinajstić information content (AvgIpc) is 2.90. The number of hydrogen-bond acceptors (Lipinski definition) is 3. The van der Waals surface area contributed by atoms with Gasteiger partial charge < -0.3 is 15.2 Å².